The van der Waals surface area contributed by atoms with Crippen LogP contribution in [0.15, 0.2) is 60.8 Å². The highest BCUT2D eigenvalue weighted by atomic mass is 16.5. The van der Waals surface area contributed by atoms with Crippen LogP contribution in [-0.4, -0.2) is 29.9 Å². The number of methoxy groups -OCH3 is 2. The number of hydrogen-bond donors (Lipinski definition) is 1. The number of aromatic nitrogens is 2. The van der Waals surface area contributed by atoms with Gasteiger partial charge in [-0.05, 0) is 18.2 Å². The van der Waals surface area contributed by atoms with E-state index in [0.717, 1.165) is 5.56 Å². The van der Waals surface area contributed by atoms with Crippen LogP contribution in [0.4, 0.5) is 5.82 Å². The summed E-state index contributed by atoms with van der Waals surface area (Å²) < 4.78 is 12.5. The first kappa shape index (κ1) is 16.6. The molecule has 0 aliphatic carbocycles. The van der Waals surface area contributed by atoms with E-state index in [0.29, 0.717) is 29.4 Å². The van der Waals surface area contributed by atoms with Crippen LogP contribution < -0.4 is 14.8 Å². The maximum absolute atomic E-state index is 12.3. The Morgan fingerprint density at radius 3 is 2.56 bits per heavy atom. The van der Waals surface area contributed by atoms with E-state index >= 15 is 0 Å². The average Bonchev–Trinajstić information content (AvgIpc) is 3.08. The second kappa shape index (κ2) is 7.53. The van der Waals surface area contributed by atoms with E-state index in [4.69, 9.17) is 9.47 Å². The van der Waals surface area contributed by atoms with Crippen molar-refractivity contribution in [3.05, 3.63) is 71.9 Å². The van der Waals surface area contributed by atoms with E-state index < -0.39 is 0 Å². The van der Waals surface area contributed by atoms with Crippen molar-refractivity contribution in [2.75, 3.05) is 19.5 Å². The average molecular weight is 337 g/mol. The van der Waals surface area contributed by atoms with Crippen molar-refractivity contribution in [1.29, 1.82) is 0 Å². The lowest BCUT2D eigenvalue weighted by atomic mass is 10.2. The molecular weight excluding hydrogens is 318 g/mol. The highest BCUT2D eigenvalue weighted by Gasteiger charge is 2.13. The molecule has 1 aromatic heterocycles. The zero-order chi connectivity index (χ0) is 17.6. The van der Waals surface area contributed by atoms with Crippen LogP contribution in [0, 0.1) is 0 Å². The Balaban J connectivity index is 1.82. The van der Waals surface area contributed by atoms with Crippen molar-refractivity contribution >= 4 is 11.7 Å². The van der Waals surface area contributed by atoms with Crippen molar-refractivity contribution < 1.29 is 14.3 Å². The van der Waals surface area contributed by atoms with Crippen LogP contribution in [0.5, 0.6) is 11.5 Å². The highest BCUT2D eigenvalue weighted by molar-refractivity contribution is 6.03. The summed E-state index contributed by atoms with van der Waals surface area (Å²) in [5.41, 5.74) is 1.50. The summed E-state index contributed by atoms with van der Waals surface area (Å²) in [6.45, 7) is 0.442. The number of benzene rings is 2. The van der Waals surface area contributed by atoms with Crippen LogP contribution in [-0.2, 0) is 6.54 Å². The standard InChI is InChI=1S/C19H19N3O3/c1-24-16-10-6-9-15(18(16)25-2)13-22-17(11-12-20-22)21-19(23)14-7-4-3-5-8-14/h3-12H,13H2,1-2H3,(H,21,23). The van der Waals surface area contributed by atoms with Crippen LogP contribution in [0.1, 0.15) is 15.9 Å². The minimum Gasteiger partial charge on any atom is -0.493 e. The highest BCUT2D eigenvalue weighted by Crippen LogP contribution is 2.31. The van der Waals surface area contributed by atoms with Crippen molar-refractivity contribution in [2.45, 2.75) is 6.54 Å². The van der Waals surface area contributed by atoms with Gasteiger partial charge in [0.25, 0.3) is 5.91 Å². The zero-order valence-electron chi connectivity index (χ0n) is 14.1. The number of nitrogens with one attached hydrogen (secondary N) is 1. The predicted molar refractivity (Wildman–Crippen MR) is 95.3 cm³/mol. The molecule has 0 radical (unpaired) electrons. The topological polar surface area (TPSA) is 65.4 Å². The molecule has 0 atom stereocenters. The van der Waals surface area contributed by atoms with Crippen molar-refractivity contribution in [3.8, 4) is 11.5 Å². The van der Waals surface area contributed by atoms with Crippen molar-refractivity contribution in [1.82, 2.24) is 9.78 Å². The van der Waals surface area contributed by atoms with Gasteiger partial charge in [-0.25, -0.2) is 4.68 Å². The first-order valence-electron chi connectivity index (χ1n) is 7.81. The number of amides is 1. The largest absolute Gasteiger partial charge is 0.493 e. The third kappa shape index (κ3) is 3.63. The minimum atomic E-state index is -0.181. The number of hydrogen-bond acceptors (Lipinski definition) is 4. The summed E-state index contributed by atoms with van der Waals surface area (Å²) in [5, 5.41) is 7.18. The third-order valence-corrected chi connectivity index (χ3v) is 3.80. The molecule has 1 heterocycles. The SMILES string of the molecule is COc1cccc(Cn2nccc2NC(=O)c2ccccc2)c1OC. The van der Waals surface area contributed by atoms with Gasteiger partial charge in [0.2, 0.25) is 0 Å². The molecule has 0 unspecified atom stereocenters. The first-order valence-corrected chi connectivity index (χ1v) is 7.81. The van der Waals surface area contributed by atoms with E-state index in [9.17, 15) is 4.79 Å². The summed E-state index contributed by atoms with van der Waals surface area (Å²) in [4.78, 5) is 12.3. The Kier molecular flexibility index (Phi) is 4.99. The van der Waals surface area contributed by atoms with Gasteiger partial charge in [-0.3, -0.25) is 4.79 Å². The molecule has 0 aliphatic heterocycles. The molecule has 0 saturated heterocycles. The Labute approximate surface area is 146 Å². The van der Waals surface area contributed by atoms with Gasteiger partial charge >= 0.3 is 0 Å². The Morgan fingerprint density at radius 2 is 1.84 bits per heavy atom. The summed E-state index contributed by atoms with van der Waals surface area (Å²) >= 11 is 0. The lowest BCUT2D eigenvalue weighted by Gasteiger charge is -2.14. The fourth-order valence-electron chi connectivity index (χ4n) is 2.58. The molecule has 0 saturated carbocycles. The number of carbonyl (C=O) groups excluding carboxylic acids is 1. The molecule has 0 fully saturated rings. The zero-order valence-corrected chi connectivity index (χ0v) is 14.1. The molecular formula is C19H19N3O3. The van der Waals surface area contributed by atoms with Crippen LogP contribution in [0.25, 0.3) is 0 Å². The molecule has 3 rings (SSSR count). The molecule has 2 aromatic carbocycles. The lowest BCUT2D eigenvalue weighted by molar-refractivity contribution is 0.102. The molecule has 6 heteroatoms. The number of rotatable bonds is 6. The third-order valence-electron chi connectivity index (χ3n) is 3.80. The smallest absolute Gasteiger partial charge is 0.256 e. The van der Waals surface area contributed by atoms with Gasteiger partial charge in [-0.15, -0.1) is 0 Å². The Morgan fingerprint density at radius 1 is 1.04 bits per heavy atom. The number of anilines is 1. The Bertz CT molecular complexity index is 859. The monoisotopic (exact) mass is 337 g/mol. The maximum Gasteiger partial charge on any atom is 0.256 e. The van der Waals surface area contributed by atoms with Crippen LogP contribution in [0.3, 0.4) is 0 Å². The fourth-order valence-corrected chi connectivity index (χ4v) is 2.58. The summed E-state index contributed by atoms with van der Waals surface area (Å²) in [6.07, 6.45) is 1.65. The van der Waals surface area contributed by atoms with Crippen LogP contribution in [0.2, 0.25) is 0 Å². The minimum absolute atomic E-state index is 0.181. The number of para-hydroxylation sites is 1. The second-order valence-corrected chi connectivity index (χ2v) is 5.35. The molecule has 6 nitrogen and oxygen atoms in total. The van der Waals surface area contributed by atoms with Gasteiger partial charge in [0.1, 0.15) is 5.82 Å². The van der Waals surface area contributed by atoms with Gasteiger partial charge in [-0.2, -0.15) is 5.10 Å². The molecule has 0 spiro atoms. The van der Waals surface area contributed by atoms with Gasteiger partial charge < -0.3 is 14.8 Å². The molecule has 1 amide bonds. The molecule has 0 aliphatic rings. The van der Waals surface area contributed by atoms with Gasteiger partial charge in [0, 0.05) is 17.2 Å². The van der Waals surface area contributed by atoms with E-state index in [2.05, 4.69) is 10.4 Å². The van der Waals surface area contributed by atoms with E-state index in [-0.39, 0.29) is 5.91 Å². The fraction of sp³-hybridized carbons (Fsp3) is 0.158. The molecule has 25 heavy (non-hydrogen) atoms. The van der Waals surface area contributed by atoms with E-state index in [1.807, 2.05) is 36.4 Å². The van der Waals surface area contributed by atoms with Crippen molar-refractivity contribution in [3.63, 3.8) is 0 Å². The van der Waals surface area contributed by atoms with Gasteiger partial charge in [-0.1, -0.05) is 30.3 Å². The quantitative estimate of drug-likeness (QED) is 0.750. The number of ether oxygens (including phenoxy) is 2. The van der Waals surface area contributed by atoms with Gasteiger partial charge in [0.05, 0.1) is 27.0 Å². The molecule has 3 aromatic rings. The van der Waals surface area contributed by atoms with Gasteiger partial charge in [0.15, 0.2) is 11.5 Å². The molecule has 128 valence electrons. The summed E-state index contributed by atoms with van der Waals surface area (Å²) in [6, 6.07) is 16.5. The lowest BCUT2D eigenvalue weighted by Crippen LogP contribution is -2.16. The normalized spacial score (nSPS) is 10.3. The second-order valence-electron chi connectivity index (χ2n) is 5.35. The predicted octanol–water partition coefficient (Wildman–Crippen LogP) is 3.20. The molecule has 1 N–H and O–H groups in total. The first-order chi connectivity index (χ1) is 12.2. The van der Waals surface area contributed by atoms with E-state index in [1.165, 1.54) is 0 Å². The molecule has 0 bridgehead atoms. The number of nitrogens with zero attached hydrogens (tertiary/aromatic N) is 2. The maximum atomic E-state index is 12.3. The van der Waals surface area contributed by atoms with E-state index in [1.54, 1.807) is 43.3 Å². The van der Waals surface area contributed by atoms with Crippen LogP contribution >= 0.6 is 0 Å². The number of carbonyl (C=O) groups is 1. The Hall–Kier alpha value is -3.28. The van der Waals surface area contributed by atoms with Crippen molar-refractivity contribution in [2.24, 2.45) is 0 Å². The summed E-state index contributed by atoms with van der Waals surface area (Å²) in [5.74, 6) is 1.74. The summed E-state index contributed by atoms with van der Waals surface area (Å²) in [7, 11) is 3.20.